The number of pyridine rings is 1. The summed E-state index contributed by atoms with van der Waals surface area (Å²) in [6, 6.07) is 4.94. The maximum absolute atomic E-state index is 11.4. The van der Waals surface area contributed by atoms with Crippen LogP contribution < -0.4 is 10.6 Å². The molecule has 0 radical (unpaired) electrons. The predicted molar refractivity (Wildman–Crippen MR) is 60.1 cm³/mol. The van der Waals surface area contributed by atoms with Crippen molar-refractivity contribution in [3.8, 4) is 0 Å². The number of nitrogens with one attached hydrogen (secondary N) is 2. The summed E-state index contributed by atoms with van der Waals surface area (Å²) in [7, 11) is 0. The van der Waals surface area contributed by atoms with Crippen LogP contribution >= 0.6 is 0 Å². The molecule has 1 aromatic heterocycles. The average Bonchev–Trinajstić information content (AvgIpc) is 2.25. The van der Waals surface area contributed by atoms with Gasteiger partial charge in [-0.2, -0.15) is 0 Å². The standard InChI is InChI=1S/C11H15N3O2/c15-10(13-8-11(16)5-3-6-11)14-9-4-1-2-7-12-9/h1-2,4,7,16H,3,5-6,8H2,(H2,12,13,14,15). The van der Waals surface area contributed by atoms with Crippen LogP contribution in [0.1, 0.15) is 19.3 Å². The van der Waals surface area contributed by atoms with Crippen LogP contribution in [0.2, 0.25) is 0 Å². The third-order valence-corrected chi connectivity index (χ3v) is 2.77. The number of aliphatic hydroxyl groups is 1. The van der Waals surface area contributed by atoms with E-state index >= 15 is 0 Å². The zero-order valence-corrected chi connectivity index (χ0v) is 8.94. The molecule has 2 rings (SSSR count). The lowest BCUT2D eigenvalue weighted by Gasteiger charge is -2.36. The lowest BCUT2D eigenvalue weighted by Crippen LogP contribution is -2.48. The molecule has 0 atom stereocenters. The summed E-state index contributed by atoms with van der Waals surface area (Å²) in [5, 5.41) is 15.0. The molecule has 0 spiro atoms. The van der Waals surface area contributed by atoms with E-state index in [1.165, 1.54) is 0 Å². The second-order valence-corrected chi connectivity index (χ2v) is 4.10. The van der Waals surface area contributed by atoms with E-state index in [0.29, 0.717) is 12.4 Å². The van der Waals surface area contributed by atoms with E-state index < -0.39 is 5.60 Å². The number of aromatic nitrogens is 1. The van der Waals surface area contributed by atoms with Gasteiger partial charge in [-0.1, -0.05) is 6.07 Å². The van der Waals surface area contributed by atoms with Gasteiger partial charge >= 0.3 is 6.03 Å². The van der Waals surface area contributed by atoms with Gasteiger partial charge in [-0.3, -0.25) is 5.32 Å². The molecule has 3 N–H and O–H groups in total. The zero-order valence-electron chi connectivity index (χ0n) is 8.94. The Labute approximate surface area is 93.9 Å². The van der Waals surface area contributed by atoms with Gasteiger partial charge < -0.3 is 10.4 Å². The number of nitrogens with zero attached hydrogens (tertiary/aromatic N) is 1. The normalized spacial score (nSPS) is 17.3. The average molecular weight is 221 g/mol. The Balaban J connectivity index is 1.76. The molecule has 5 heteroatoms. The molecule has 1 saturated carbocycles. The SMILES string of the molecule is O=C(NCC1(O)CCC1)Nc1ccccn1. The first-order chi connectivity index (χ1) is 7.68. The van der Waals surface area contributed by atoms with Crippen molar-refractivity contribution in [1.29, 1.82) is 0 Å². The van der Waals surface area contributed by atoms with Gasteiger partial charge in [0, 0.05) is 12.7 Å². The van der Waals surface area contributed by atoms with Gasteiger partial charge in [-0.15, -0.1) is 0 Å². The van der Waals surface area contributed by atoms with Gasteiger partial charge in [0.25, 0.3) is 0 Å². The number of anilines is 1. The second-order valence-electron chi connectivity index (χ2n) is 4.10. The number of carbonyl (C=O) groups excluding carboxylic acids is 1. The number of rotatable bonds is 3. The first-order valence-electron chi connectivity index (χ1n) is 5.36. The highest BCUT2D eigenvalue weighted by Gasteiger charge is 2.34. The molecule has 16 heavy (non-hydrogen) atoms. The Bertz CT molecular complexity index is 363. The van der Waals surface area contributed by atoms with Gasteiger partial charge in [0.05, 0.1) is 5.60 Å². The van der Waals surface area contributed by atoms with Crippen LogP contribution in [0, 0.1) is 0 Å². The van der Waals surface area contributed by atoms with Crippen LogP contribution in [0.3, 0.4) is 0 Å². The van der Waals surface area contributed by atoms with Crippen molar-refractivity contribution in [2.24, 2.45) is 0 Å². The number of carbonyl (C=O) groups is 1. The summed E-state index contributed by atoms with van der Waals surface area (Å²) in [6.45, 7) is 0.297. The molecule has 0 saturated heterocycles. The monoisotopic (exact) mass is 221 g/mol. The molecule has 0 aliphatic heterocycles. The summed E-state index contributed by atoms with van der Waals surface area (Å²) >= 11 is 0. The highest BCUT2D eigenvalue weighted by Crippen LogP contribution is 2.30. The molecule has 0 unspecified atom stereocenters. The minimum atomic E-state index is -0.693. The second kappa shape index (κ2) is 4.49. The molecule has 86 valence electrons. The molecule has 1 aliphatic carbocycles. The van der Waals surface area contributed by atoms with Crippen LogP contribution in [-0.4, -0.2) is 28.3 Å². The summed E-state index contributed by atoms with van der Waals surface area (Å²) < 4.78 is 0. The van der Waals surface area contributed by atoms with Crippen LogP contribution in [-0.2, 0) is 0 Å². The number of urea groups is 1. The fraction of sp³-hybridized carbons (Fsp3) is 0.455. The predicted octanol–water partition coefficient (Wildman–Crippen LogP) is 1.12. The van der Waals surface area contributed by atoms with Crippen LogP contribution in [0.5, 0.6) is 0 Å². The van der Waals surface area contributed by atoms with Crippen molar-refractivity contribution in [2.75, 3.05) is 11.9 Å². The molecule has 5 nitrogen and oxygen atoms in total. The van der Waals surface area contributed by atoms with E-state index in [0.717, 1.165) is 19.3 Å². The fourth-order valence-electron chi connectivity index (χ4n) is 1.60. The molecular weight excluding hydrogens is 206 g/mol. The molecule has 2 amide bonds. The maximum atomic E-state index is 11.4. The first-order valence-corrected chi connectivity index (χ1v) is 5.36. The van der Waals surface area contributed by atoms with E-state index in [1.807, 2.05) is 0 Å². The Kier molecular flexibility index (Phi) is 3.05. The van der Waals surface area contributed by atoms with E-state index in [9.17, 15) is 9.90 Å². The Morgan fingerprint density at radius 1 is 1.50 bits per heavy atom. The van der Waals surface area contributed by atoms with E-state index in [1.54, 1.807) is 24.4 Å². The molecule has 1 aliphatic rings. The lowest BCUT2D eigenvalue weighted by atomic mass is 9.80. The Morgan fingerprint density at radius 2 is 2.31 bits per heavy atom. The van der Waals surface area contributed by atoms with Crippen LogP contribution in [0.25, 0.3) is 0 Å². The van der Waals surface area contributed by atoms with Gasteiger partial charge in [-0.25, -0.2) is 9.78 Å². The van der Waals surface area contributed by atoms with Gasteiger partial charge in [0.15, 0.2) is 0 Å². The topological polar surface area (TPSA) is 74.2 Å². The summed E-state index contributed by atoms with van der Waals surface area (Å²) in [4.78, 5) is 15.4. The number of amides is 2. The van der Waals surface area contributed by atoms with E-state index in [2.05, 4.69) is 15.6 Å². The third-order valence-electron chi connectivity index (χ3n) is 2.77. The highest BCUT2D eigenvalue weighted by atomic mass is 16.3. The van der Waals surface area contributed by atoms with Gasteiger partial charge in [0.2, 0.25) is 0 Å². The smallest absolute Gasteiger partial charge is 0.320 e. The number of hydrogen-bond acceptors (Lipinski definition) is 3. The quantitative estimate of drug-likeness (QED) is 0.716. The van der Waals surface area contributed by atoms with Crippen LogP contribution in [0.4, 0.5) is 10.6 Å². The maximum Gasteiger partial charge on any atom is 0.320 e. The largest absolute Gasteiger partial charge is 0.388 e. The Morgan fingerprint density at radius 3 is 2.88 bits per heavy atom. The Hall–Kier alpha value is -1.62. The molecule has 0 bridgehead atoms. The van der Waals surface area contributed by atoms with Crippen molar-refractivity contribution in [1.82, 2.24) is 10.3 Å². The fourth-order valence-corrected chi connectivity index (χ4v) is 1.60. The van der Waals surface area contributed by atoms with Crippen molar-refractivity contribution >= 4 is 11.8 Å². The lowest BCUT2D eigenvalue weighted by molar-refractivity contribution is -0.0287. The number of hydrogen-bond donors (Lipinski definition) is 3. The van der Waals surface area contributed by atoms with Gasteiger partial charge in [0.1, 0.15) is 5.82 Å². The van der Waals surface area contributed by atoms with Crippen molar-refractivity contribution in [3.63, 3.8) is 0 Å². The molecule has 0 aromatic carbocycles. The van der Waals surface area contributed by atoms with Crippen LogP contribution in [0.15, 0.2) is 24.4 Å². The third kappa shape index (κ3) is 2.70. The molecular formula is C11H15N3O2. The molecule has 1 heterocycles. The summed E-state index contributed by atoms with van der Waals surface area (Å²) in [5.41, 5.74) is -0.693. The molecule has 1 aromatic rings. The van der Waals surface area contributed by atoms with Crippen molar-refractivity contribution in [2.45, 2.75) is 24.9 Å². The first kappa shape index (κ1) is 10.9. The highest BCUT2D eigenvalue weighted by molar-refractivity contribution is 5.88. The minimum absolute atomic E-state index is 0.297. The zero-order chi connectivity index (χ0) is 11.4. The van der Waals surface area contributed by atoms with Gasteiger partial charge in [-0.05, 0) is 31.4 Å². The van der Waals surface area contributed by atoms with E-state index in [4.69, 9.17) is 0 Å². The minimum Gasteiger partial charge on any atom is -0.388 e. The van der Waals surface area contributed by atoms with Crippen molar-refractivity contribution in [3.05, 3.63) is 24.4 Å². The van der Waals surface area contributed by atoms with Crippen molar-refractivity contribution < 1.29 is 9.90 Å². The summed E-state index contributed by atoms with van der Waals surface area (Å²) in [6.07, 6.45) is 4.16. The summed E-state index contributed by atoms with van der Waals surface area (Å²) in [5.74, 6) is 0.501. The van der Waals surface area contributed by atoms with E-state index in [-0.39, 0.29) is 6.03 Å². The molecule has 1 fully saturated rings.